The average Bonchev–Trinajstić information content (AvgIpc) is 3.20. The number of fused-ring (bicyclic) bond motifs is 1. The van der Waals surface area contributed by atoms with E-state index in [0.717, 1.165) is 38.8 Å². The third-order valence-electron chi connectivity index (χ3n) is 4.57. The fourth-order valence-electron chi connectivity index (χ4n) is 3.25. The zero-order valence-corrected chi connectivity index (χ0v) is 13.6. The number of aliphatic hydroxyl groups excluding tert-OH is 1. The monoisotopic (exact) mass is 334 g/mol. The second-order valence-electron chi connectivity index (χ2n) is 6.27. The Morgan fingerprint density at radius 2 is 2.25 bits per heavy atom. The van der Waals surface area contributed by atoms with E-state index in [0.29, 0.717) is 23.6 Å². The van der Waals surface area contributed by atoms with Gasteiger partial charge < -0.3 is 14.8 Å². The molecule has 1 aromatic heterocycles. The van der Waals surface area contributed by atoms with Crippen LogP contribution in [-0.4, -0.2) is 48.2 Å². The second-order valence-corrected chi connectivity index (χ2v) is 6.27. The molecule has 0 radical (unpaired) electrons. The molecule has 1 aliphatic rings. The molecule has 1 saturated heterocycles. The summed E-state index contributed by atoms with van der Waals surface area (Å²) in [5.74, 6) is -0.421. The minimum Gasteiger partial charge on any atom is -0.451 e. The number of aliphatic hydroxyl groups is 1. The molecule has 1 aromatic carbocycles. The number of hydrogen-bond donors (Lipinski definition) is 2. The van der Waals surface area contributed by atoms with Gasteiger partial charge in [-0.3, -0.25) is 9.69 Å². The molecule has 2 heterocycles. The number of carbonyl (C=O) groups excluding carboxylic acids is 1. The van der Waals surface area contributed by atoms with Gasteiger partial charge in [-0.2, -0.15) is 0 Å². The van der Waals surface area contributed by atoms with E-state index >= 15 is 0 Å². The molecular weight excluding hydrogens is 311 g/mol. The van der Waals surface area contributed by atoms with Crippen LogP contribution in [0.25, 0.3) is 11.0 Å². The van der Waals surface area contributed by atoms with Crippen LogP contribution in [0.1, 0.15) is 36.2 Å². The lowest BCUT2D eigenvalue weighted by Crippen LogP contribution is -2.33. The molecule has 0 bridgehead atoms. The maximum absolute atomic E-state index is 13.2. The molecule has 2 aromatic rings. The van der Waals surface area contributed by atoms with Crippen LogP contribution in [0.5, 0.6) is 0 Å². The van der Waals surface area contributed by atoms with Crippen molar-refractivity contribution in [2.75, 3.05) is 26.2 Å². The maximum atomic E-state index is 13.2. The summed E-state index contributed by atoms with van der Waals surface area (Å²) in [7, 11) is 0. The summed E-state index contributed by atoms with van der Waals surface area (Å²) in [5.41, 5.74) is 0.505. The normalized spacial score (nSPS) is 18.3. The number of furan rings is 1. The predicted octanol–water partition coefficient (Wildman–Crippen LogP) is 2.54. The van der Waals surface area contributed by atoms with Gasteiger partial charge in [-0.1, -0.05) is 0 Å². The van der Waals surface area contributed by atoms with Crippen LogP contribution in [0.3, 0.4) is 0 Å². The predicted molar refractivity (Wildman–Crippen MR) is 89.4 cm³/mol. The fourth-order valence-corrected chi connectivity index (χ4v) is 3.25. The SMILES string of the molecule is O=C(NCCCCN1CCCC1CO)c1cc2cc(F)ccc2o1. The van der Waals surface area contributed by atoms with Crippen molar-refractivity contribution in [3.05, 3.63) is 35.8 Å². The molecule has 0 saturated carbocycles. The number of rotatable bonds is 7. The molecular formula is C18H23FN2O3. The van der Waals surface area contributed by atoms with Gasteiger partial charge in [0.1, 0.15) is 11.4 Å². The third kappa shape index (κ3) is 3.94. The summed E-state index contributed by atoms with van der Waals surface area (Å²) in [6, 6.07) is 6.05. The van der Waals surface area contributed by atoms with Crippen LogP contribution >= 0.6 is 0 Å². The lowest BCUT2D eigenvalue weighted by Gasteiger charge is -2.22. The third-order valence-corrected chi connectivity index (χ3v) is 4.57. The van der Waals surface area contributed by atoms with Gasteiger partial charge in [-0.05, 0) is 63.0 Å². The number of carbonyl (C=O) groups is 1. The van der Waals surface area contributed by atoms with Crippen molar-refractivity contribution in [1.29, 1.82) is 0 Å². The lowest BCUT2D eigenvalue weighted by molar-refractivity contribution is 0.0926. The number of unbranched alkanes of at least 4 members (excludes halogenated alkanes) is 1. The van der Waals surface area contributed by atoms with Crippen LogP contribution in [-0.2, 0) is 0 Å². The first-order chi connectivity index (χ1) is 11.7. The number of benzene rings is 1. The summed E-state index contributed by atoms with van der Waals surface area (Å²) in [6.07, 6.45) is 4.06. The summed E-state index contributed by atoms with van der Waals surface area (Å²) < 4.78 is 18.6. The van der Waals surface area contributed by atoms with Crippen LogP contribution < -0.4 is 5.32 Å². The van der Waals surface area contributed by atoms with E-state index in [1.807, 2.05) is 0 Å². The molecule has 5 nitrogen and oxygen atoms in total. The highest BCUT2D eigenvalue weighted by Gasteiger charge is 2.22. The highest BCUT2D eigenvalue weighted by atomic mass is 19.1. The standard InChI is InChI=1S/C18H23FN2O3/c19-14-5-6-16-13(10-14)11-17(24-16)18(23)20-7-1-2-8-21-9-3-4-15(21)12-22/h5-6,10-11,15,22H,1-4,7-9,12H2,(H,20,23). The molecule has 24 heavy (non-hydrogen) atoms. The molecule has 1 unspecified atom stereocenters. The van der Waals surface area contributed by atoms with E-state index < -0.39 is 0 Å². The average molecular weight is 334 g/mol. The summed E-state index contributed by atoms with van der Waals surface area (Å²) in [5, 5.41) is 12.7. The Labute approximate surface area is 140 Å². The van der Waals surface area contributed by atoms with Crippen molar-refractivity contribution in [3.8, 4) is 0 Å². The van der Waals surface area contributed by atoms with Crippen molar-refractivity contribution in [1.82, 2.24) is 10.2 Å². The van der Waals surface area contributed by atoms with Gasteiger partial charge in [0.2, 0.25) is 0 Å². The maximum Gasteiger partial charge on any atom is 0.287 e. The van der Waals surface area contributed by atoms with Crippen LogP contribution in [0, 0.1) is 5.82 Å². The molecule has 1 amide bonds. The first kappa shape index (κ1) is 16.9. The minimum atomic E-state index is -0.349. The molecule has 1 atom stereocenters. The topological polar surface area (TPSA) is 65.7 Å². The summed E-state index contributed by atoms with van der Waals surface area (Å²) >= 11 is 0. The van der Waals surface area contributed by atoms with E-state index in [1.165, 1.54) is 18.2 Å². The van der Waals surface area contributed by atoms with E-state index in [2.05, 4.69) is 10.2 Å². The Morgan fingerprint density at radius 3 is 3.08 bits per heavy atom. The smallest absolute Gasteiger partial charge is 0.287 e. The van der Waals surface area contributed by atoms with Crippen LogP contribution in [0.4, 0.5) is 4.39 Å². The molecule has 130 valence electrons. The van der Waals surface area contributed by atoms with Crippen molar-refractivity contribution >= 4 is 16.9 Å². The zero-order valence-electron chi connectivity index (χ0n) is 13.6. The number of amides is 1. The second kappa shape index (κ2) is 7.77. The number of likely N-dealkylation sites (tertiary alicyclic amines) is 1. The number of hydrogen-bond acceptors (Lipinski definition) is 4. The molecule has 6 heteroatoms. The molecule has 1 aliphatic heterocycles. The Morgan fingerprint density at radius 1 is 1.38 bits per heavy atom. The van der Waals surface area contributed by atoms with Gasteiger partial charge in [-0.15, -0.1) is 0 Å². The van der Waals surface area contributed by atoms with E-state index in [4.69, 9.17) is 4.42 Å². The number of nitrogens with zero attached hydrogens (tertiary/aromatic N) is 1. The Bertz CT molecular complexity index is 701. The summed E-state index contributed by atoms with van der Waals surface area (Å²) in [6.45, 7) is 2.80. The van der Waals surface area contributed by atoms with Gasteiger partial charge in [0.05, 0.1) is 6.61 Å². The van der Waals surface area contributed by atoms with Crippen molar-refractivity contribution in [3.63, 3.8) is 0 Å². The Kier molecular flexibility index (Phi) is 5.48. The summed E-state index contributed by atoms with van der Waals surface area (Å²) in [4.78, 5) is 14.4. The van der Waals surface area contributed by atoms with E-state index in [-0.39, 0.29) is 24.1 Å². The fraction of sp³-hybridized carbons (Fsp3) is 0.500. The van der Waals surface area contributed by atoms with Gasteiger partial charge in [-0.25, -0.2) is 4.39 Å². The van der Waals surface area contributed by atoms with Crippen molar-refractivity contribution in [2.45, 2.75) is 31.7 Å². The van der Waals surface area contributed by atoms with E-state index in [9.17, 15) is 14.3 Å². The van der Waals surface area contributed by atoms with Gasteiger partial charge in [0, 0.05) is 18.0 Å². The first-order valence-electron chi connectivity index (χ1n) is 8.49. The number of halogens is 1. The first-order valence-corrected chi connectivity index (χ1v) is 8.49. The van der Waals surface area contributed by atoms with Crippen molar-refractivity contribution in [2.24, 2.45) is 0 Å². The lowest BCUT2D eigenvalue weighted by atomic mass is 10.2. The molecule has 2 N–H and O–H groups in total. The van der Waals surface area contributed by atoms with Crippen molar-refractivity contribution < 1.29 is 18.7 Å². The minimum absolute atomic E-state index is 0.204. The molecule has 0 aliphatic carbocycles. The molecule has 3 rings (SSSR count). The van der Waals surface area contributed by atoms with Crippen LogP contribution in [0.2, 0.25) is 0 Å². The largest absolute Gasteiger partial charge is 0.451 e. The quantitative estimate of drug-likeness (QED) is 0.764. The Balaban J connectivity index is 1.42. The zero-order chi connectivity index (χ0) is 16.9. The highest BCUT2D eigenvalue weighted by Crippen LogP contribution is 2.20. The van der Waals surface area contributed by atoms with E-state index in [1.54, 1.807) is 6.07 Å². The van der Waals surface area contributed by atoms with Gasteiger partial charge in [0.15, 0.2) is 5.76 Å². The van der Waals surface area contributed by atoms with Crippen LogP contribution in [0.15, 0.2) is 28.7 Å². The van der Waals surface area contributed by atoms with Gasteiger partial charge >= 0.3 is 0 Å². The highest BCUT2D eigenvalue weighted by molar-refractivity contribution is 5.96. The molecule has 1 fully saturated rings. The number of nitrogens with one attached hydrogen (secondary N) is 1. The molecule has 0 spiro atoms. The Hall–Kier alpha value is -1.92. The van der Waals surface area contributed by atoms with Gasteiger partial charge in [0.25, 0.3) is 5.91 Å².